The zero-order valence-corrected chi connectivity index (χ0v) is 12.8. The molecule has 1 aromatic carbocycles. The van der Waals surface area contributed by atoms with Gasteiger partial charge >= 0.3 is 0 Å². The number of benzene rings is 1. The highest BCUT2D eigenvalue weighted by Crippen LogP contribution is 2.30. The zero-order valence-electron chi connectivity index (χ0n) is 12.8. The van der Waals surface area contributed by atoms with Gasteiger partial charge in [0.1, 0.15) is 5.75 Å². The van der Waals surface area contributed by atoms with Crippen molar-refractivity contribution in [3.05, 3.63) is 36.0 Å². The minimum absolute atomic E-state index is 0.0852. The Balaban J connectivity index is 1.80. The molecule has 6 nitrogen and oxygen atoms in total. The fourth-order valence-corrected chi connectivity index (χ4v) is 2.52. The molecule has 1 fully saturated rings. The van der Waals surface area contributed by atoms with Crippen LogP contribution in [0.5, 0.6) is 5.75 Å². The van der Waals surface area contributed by atoms with Gasteiger partial charge in [0, 0.05) is 32.2 Å². The van der Waals surface area contributed by atoms with Crippen molar-refractivity contribution in [2.24, 2.45) is 0 Å². The van der Waals surface area contributed by atoms with E-state index < -0.39 is 0 Å². The van der Waals surface area contributed by atoms with Crippen molar-refractivity contribution in [2.75, 3.05) is 40.3 Å². The van der Waals surface area contributed by atoms with Crippen molar-refractivity contribution >= 4 is 5.91 Å². The molecule has 0 atom stereocenters. The first-order chi connectivity index (χ1) is 10.7. The maximum absolute atomic E-state index is 12.5. The van der Waals surface area contributed by atoms with Gasteiger partial charge in [-0.15, -0.1) is 0 Å². The maximum atomic E-state index is 12.5. The number of aromatic nitrogens is 1. The fourth-order valence-electron chi connectivity index (χ4n) is 2.52. The number of para-hydroxylation sites is 1. The van der Waals surface area contributed by atoms with Crippen LogP contribution in [0.15, 0.2) is 34.9 Å². The molecule has 0 spiro atoms. The van der Waals surface area contributed by atoms with Crippen LogP contribution >= 0.6 is 0 Å². The van der Waals surface area contributed by atoms with Crippen LogP contribution in [0.2, 0.25) is 0 Å². The Hall–Kier alpha value is -2.34. The van der Waals surface area contributed by atoms with Crippen LogP contribution in [-0.4, -0.2) is 61.2 Å². The monoisotopic (exact) mass is 301 g/mol. The van der Waals surface area contributed by atoms with Crippen LogP contribution < -0.4 is 4.74 Å². The van der Waals surface area contributed by atoms with Crippen molar-refractivity contribution < 1.29 is 14.1 Å². The predicted octanol–water partition coefficient (Wildman–Crippen LogP) is 1.74. The molecule has 1 aliphatic heterocycles. The van der Waals surface area contributed by atoms with E-state index >= 15 is 0 Å². The predicted molar refractivity (Wildman–Crippen MR) is 81.9 cm³/mol. The Labute approximate surface area is 129 Å². The number of carbonyl (C=O) groups excluding carboxylic acids is 1. The number of piperazine rings is 1. The lowest BCUT2D eigenvalue weighted by Gasteiger charge is -2.31. The van der Waals surface area contributed by atoms with Crippen LogP contribution in [-0.2, 0) is 0 Å². The number of hydrogen-bond donors (Lipinski definition) is 0. The van der Waals surface area contributed by atoms with Gasteiger partial charge in [-0.3, -0.25) is 4.79 Å². The molecule has 0 N–H and O–H groups in total. The van der Waals surface area contributed by atoms with E-state index in [0.717, 1.165) is 18.7 Å². The number of ether oxygens (including phenoxy) is 1. The van der Waals surface area contributed by atoms with Gasteiger partial charge in [-0.2, -0.15) is 0 Å². The lowest BCUT2D eigenvalue weighted by atomic mass is 10.1. The Morgan fingerprint density at radius 3 is 2.68 bits per heavy atom. The van der Waals surface area contributed by atoms with Gasteiger partial charge < -0.3 is 19.1 Å². The highest BCUT2D eigenvalue weighted by atomic mass is 16.5. The molecule has 1 aromatic heterocycles. The van der Waals surface area contributed by atoms with E-state index in [1.54, 1.807) is 13.2 Å². The topological polar surface area (TPSA) is 58.8 Å². The molecule has 2 aromatic rings. The second-order valence-corrected chi connectivity index (χ2v) is 5.37. The van der Waals surface area contributed by atoms with E-state index in [1.807, 2.05) is 29.2 Å². The van der Waals surface area contributed by atoms with E-state index in [4.69, 9.17) is 9.26 Å². The molecular formula is C16H19N3O3. The molecule has 1 saturated heterocycles. The summed E-state index contributed by atoms with van der Waals surface area (Å²) in [4.78, 5) is 16.5. The van der Waals surface area contributed by atoms with E-state index in [1.165, 1.54) is 0 Å². The minimum atomic E-state index is -0.0852. The molecule has 0 bridgehead atoms. The molecule has 0 saturated carbocycles. The zero-order chi connectivity index (χ0) is 15.5. The first kappa shape index (κ1) is 14.6. The van der Waals surface area contributed by atoms with Gasteiger partial charge in [-0.25, -0.2) is 0 Å². The maximum Gasteiger partial charge on any atom is 0.276 e. The average molecular weight is 301 g/mol. The quantitative estimate of drug-likeness (QED) is 0.864. The fraction of sp³-hybridized carbons (Fsp3) is 0.375. The van der Waals surface area contributed by atoms with E-state index in [-0.39, 0.29) is 5.91 Å². The standard InChI is InChI=1S/C16H19N3O3/c1-18-7-9-19(10-8-18)16(20)13-11-15(22-17-13)12-5-3-4-6-14(12)21-2/h3-6,11H,7-10H2,1-2H3. The van der Waals surface area contributed by atoms with Crippen LogP contribution in [0, 0.1) is 0 Å². The molecular weight excluding hydrogens is 282 g/mol. The largest absolute Gasteiger partial charge is 0.496 e. The SMILES string of the molecule is COc1ccccc1-c1cc(C(=O)N2CCN(C)CC2)no1. The molecule has 1 aliphatic rings. The van der Waals surface area contributed by atoms with Crippen LogP contribution in [0.3, 0.4) is 0 Å². The summed E-state index contributed by atoms with van der Waals surface area (Å²) in [6.45, 7) is 3.18. The van der Waals surface area contributed by atoms with Crippen LogP contribution in [0.4, 0.5) is 0 Å². The number of methoxy groups -OCH3 is 1. The van der Waals surface area contributed by atoms with Crippen molar-refractivity contribution in [1.29, 1.82) is 0 Å². The second-order valence-electron chi connectivity index (χ2n) is 5.37. The highest BCUT2D eigenvalue weighted by Gasteiger charge is 2.24. The van der Waals surface area contributed by atoms with Gasteiger partial charge in [0.15, 0.2) is 11.5 Å². The van der Waals surface area contributed by atoms with Gasteiger partial charge in [-0.05, 0) is 19.2 Å². The molecule has 1 amide bonds. The number of rotatable bonds is 3. The molecule has 3 rings (SSSR count). The van der Waals surface area contributed by atoms with E-state index in [9.17, 15) is 4.79 Å². The second kappa shape index (κ2) is 6.19. The minimum Gasteiger partial charge on any atom is -0.496 e. The van der Waals surface area contributed by atoms with Crippen molar-refractivity contribution in [1.82, 2.24) is 15.0 Å². The van der Waals surface area contributed by atoms with Crippen molar-refractivity contribution in [3.63, 3.8) is 0 Å². The van der Waals surface area contributed by atoms with Crippen molar-refractivity contribution in [2.45, 2.75) is 0 Å². The van der Waals surface area contributed by atoms with Gasteiger partial charge in [0.2, 0.25) is 0 Å². The highest BCUT2D eigenvalue weighted by molar-refractivity contribution is 5.93. The summed E-state index contributed by atoms with van der Waals surface area (Å²) in [5.41, 5.74) is 1.13. The van der Waals surface area contributed by atoms with Crippen LogP contribution in [0.1, 0.15) is 10.5 Å². The molecule has 0 radical (unpaired) electrons. The molecule has 22 heavy (non-hydrogen) atoms. The lowest BCUT2D eigenvalue weighted by molar-refractivity contribution is 0.0654. The molecule has 6 heteroatoms. The Bertz CT molecular complexity index is 660. The van der Waals surface area contributed by atoms with Gasteiger partial charge in [0.25, 0.3) is 5.91 Å². The third kappa shape index (κ3) is 2.82. The number of nitrogens with zero attached hydrogens (tertiary/aromatic N) is 3. The summed E-state index contributed by atoms with van der Waals surface area (Å²) in [7, 11) is 3.66. The third-order valence-electron chi connectivity index (χ3n) is 3.89. The van der Waals surface area contributed by atoms with Gasteiger partial charge in [-0.1, -0.05) is 17.3 Å². The summed E-state index contributed by atoms with van der Waals surface area (Å²) in [5.74, 6) is 1.14. The lowest BCUT2D eigenvalue weighted by Crippen LogP contribution is -2.47. The summed E-state index contributed by atoms with van der Waals surface area (Å²) in [6.07, 6.45) is 0. The number of carbonyl (C=O) groups is 1. The first-order valence-corrected chi connectivity index (χ1v) is 7.27. The summed E-state index contributed by atoms with van der Waals surface area (Å²) in [5, 5.41) is 3.93. The smallest absolute Gasteiger partial charge is 0.276 e. The summed E-state index contributed by atoms with van der Waals surface area (Å²) in [6, 6.07) is 9.18. The van der Waals surface area contributed by atoms with Crippen molar-refractivity contribution in [3.8, 4) is 17.1 Å². The average Bonchev–Trinajstić information content (AvgIpc) is 3.04. The molecule has 116 valence electrons. The first-order valence-electron chi connectivity index (χ1n) is 7.27. The molecule has 0 aliphatic carbocycles. The normalized spacial score (nSPS) is 15.8. The molecule has 2 heterocycles. The van der Waals surface area contributed by atoms with Gasteiger partial charge in [0.05, 0.1) is 12.7 Å². The Morgan fingerprint density at radius 2 is 1.95 bits per heavy atom. The Kier molecular flexibility index (Phi) is 4.11. The number of hydrogen-bond acceptors (Lipinski definition) is 5. The number of likely N-dealkylation sites (N-methyl/N-ethyl adjacent to an activating group) is 1. The van der Waals surface area contributed by atoms with E-state index in [2.05, 4.69) is 17.1 Å². The van der Waals surface area contributed by atoms with Crippen LogP contribution in [0.25, 0.3) is 11.3 Å². The summed E-state index contributed by atoms with van der Waals surface area (Å²) >= 11 is 0. The van der Waals surface area contributed by atoms with E-state index in [0.29, 0.717) is 30.3 Å². The molecule has 0 unspecified atom stereocenters. The third-order valence-corrected chi connectivity index (χ3v) is 3.89. The number of amides is 1. The summed E-state index contributed by atoms with van der Waals surface area (Å²) < 4.78 is 10.6. The Morgan fingerprint density at radius 1 is 1.23 bits per heavy atom.